The fourth-order valence-electron chi connectivity index (χ4n) is 1.84. The molecule has 1 aliphatic rings. The Labute approximate surface area is 141 Å². The molecule has 0 bridgehead atoms. The molecular weight excluding hydrogens is 338 g/mol. The van der Waals surface area contributed by atoms with Crippen molar-refractivity contribution in [1.82, 2.24) is 25.5 Å². The number of nitrogens with one attached hydrogen (secondary N) is 1. The van der Waals surface area contributed by atoms with E-state index in [0.717, 1.165) is 29.5 Å². The summed E-state index contributed by atoms with van der Waals surface area (Å²) in [5.74, 6) is 2.32. The number of nitrogens with zero attached hydrogens (tertiary/aromatic N) is 4. The predicted molar refractivity (Wildman–Crippen MR) is 90.3 cm³/mol. The molecule has 22 heavy (non-hydrogen) atoms. The smallest absolute Gasteiger partial charge is 0.230 e. The first-order chi connectivity index (χ1) is 10.8. The molecule has 0 radical (unpaired) electrons. The zero-order chi connectivity index (χ0) is 15.2. The van der Waals surface area contributed by atoms with E-state index in [-0.39, 0.29) is 5.91 Å². The SMILES string of the molecule is O=C(CSc1nnnn1C1CC1)NCCSCc1ccsc1. The van der Waals surface area contributed by atoms with Crippen molar-refractivity contribution in [1.29, 1.82) is 0 Å². The fourth-order valence-corrected chi connectivity index (χ4v) is 4.19. The van der Waals surface area contributed by atoms with E-state index in [2.05, 4.69) is 37.7 Å². The van der Waals surface area contributed by atoms with Crippen LogP contribution in [0, 0.1) is 0 Å². The Kier molecular flexibility index (Phi) is 5.74. The van der Waals surface area contributed by atoms with Gasteiger partial charge in [0.1, 0.15) is 0 Å². The normalized spacial score (nSPS) is 14.2. The predicted octanol–water partition coefficient (Wildman–Crippen LogP) is 2.21. The second-order valence-corrected chi connectivity index (χ2v) is 7.79. The van der Waals surface area contributed by atoms with Crippen molar-refractivity contribution in [3.63, 3.8) is 0 Å². The number of thiophene rings is 1. The van der Waals surface area contributed by atoms with E-state index in [1.807, 2.05) is 16.4 Å². The van der Waals surface area contributed by atoms with Gasteiger partial charge in [-0.2, -0.15) is 23.1 Å². The summed E-state index contributed by atoms with van der Waals surface area (Å²) in [6.07, 6.45) is 2.26. The minimum absolute atomic E-state index is 0.0338. The van der Waals surface area contributed by atoms with E-state index in [1.165, 1.54) is 17.3 Å². The third-order valence-electron chi connectivity index (χ3n) is 3.11. The van der Waals surface area contributed by atoms with Crippen molar-refractivity contribution < 1.29 is 4.79 Å². The molecule has 1 saturated carbocycles. The van der Waals surface area contributed by atoms with Gasteiger partial charge >= 0.3 is 0 Å². The molecule has 0 spiro atoms. The summed E-state index contributed by atoms with van der Waals surface area (Å²) in [4.78, 5) is 11.8. The highest BCUT2D eigenvalue weighted by Crippen LogP contribution is 2.36. The van der Waals surface area contributed by atoms with Crippen molar-refractivity contribution in [3.05, 3.63) is 22.4 Å². The van der Waals surface area contributed by atoms with Gasteiger partial charge in [0, 0.05) is 18.1 Å². The summed E-state index contributed by atoms with van der Waals surface area (Å²) in [7, 11) is 0. The molecule has 1 aliphatic carbocycles. The standard InChI is InChI=1S/C13H17N5OS3/c19-12(14-4-6-21-8-10-3-5-20-7-10)9-22-13-15-16-17-18(13)11-1-2-11/h3,5,7,11H,1-2,4,6,8-9H2,(H,14,19). The van der Waals surface area contributed by atoms with Gasteiger partial charge in [0.2, 0.25) is 11.1 Å². The average Bonchev–Trinajstić information content (AvgIpc) is 3.03. The van der Waals surface area contributed by atoms with Crippen LogP contribution in [0.3, 0.4) is 0 Å². The van der Waals surface area contributed by atoms with Crippen LogP contribution < -0.4 is 5.32 Å². The van der Waals surface area contributed by atoms with E-state index < -0.39 is 0 Å². The molecule has 9 heteroatoms. The molecule has 0 saturated heterocycles. The zero-order valence-electron chi connectivity index (χ0n) is 12.0. The fraction of sp³-hybridized carbons (Fsp3) is 0.538. The van der Waals surface area contributed by atoms with Crippen molar-refractivity contribution in [2.45, 2.75) is 29.8 Å². The lowest BCUT2D eigenvalue weighted by Gasteiger charge is -2.05. The number of thioether (sulfide) groups is 2. The Balaban J connectivity index is 1.28. The van der Waals surface area contributed by atoms with E-state index in [4.69, 9.17) is 0 Å². The second-order valence-electron chi connectivity index (χ2n) is 4.96. The van der Waals surface area contributed by atoms with Crippen LogP contribution in [-0.4, -0.2) is 44.2 Å². The van der Waals surface area contributed by atoms with Gasteiger partial charge < -0.3 is 5.32 Å². The molecule has 0 aliphatic heterocycles. The van der Waals surface area contributed by atoms with Crippen LogP contribution in [-0.2, 0) is 10.5 Å². The van der Waals surface area contributed by atoms with Crippen LogP contribution in [0.1, 0.15) is 24.4 Å². The summed E-state index contributed by atoms with van der Waals surface area (Å²) in [5, 5.41) is 19.5. The van der Waals surface area contributed by atoms with E-state index in [9.17, 15) is 4.79 Å². The Morgan fingerprint density at radius 3 is 3.18 bits per heavy atom. The number of rotatable bonds is 9. The highest BCUT2D eigenvalue weighted by atomic mass is 32.2. The molecule has 118 valence electrons. The lowest BCUT2D eigenvalue weighted by molar-refractivity contribution is -0.118. The van der Waals surface area contributed by atoms with Crippen molar-refractivity contribution in [2.75, 3.05) is 18.1 Å². The molecular formula is C13H17N5OS3. The molecule has 2 aromatic rings. The summed E-state index contributed by atoms with van der Waals surface area (Å²) in [6, 6.07) is 2.57. The lowest BCUT2D eigenvalue weighted by Crippen LogP contribution is -2.27. The average molecular weight is 356 g/mol. The first kappa shape index (κ1) is 15.8. The van der Waals surface area contributed by atoms with Crippen LogP contribution in [0.25, 0.3) is 0 Å². The van der Waals surface area contributed by atoms with Crippen molar-refractivity contribution in [2.24, 2.45) is 0 Å². The molecule has 1 amide bonds. The Hall–Kier alpha value is -1.06. The minimum Gasteiger partial charge on any atom is -0.355 e. The van der Waals surface area contributed by atoms with Crippen LogP contribution in [0.5, 0.6) is 0 Å². The largest absolute Gasteiger partial charge is 0.355 e. The second kappa shape index (κ2) is 7.98. The van der Waals surface area contributed by atoms with Crippen LogP contribution in [0.4, 0.5) is 0 Å². The molecule has 0 unspecified atom stereocenters. The molecule has 1 fully saturated rings. The van der Waals surface area contributed by atoms with Crippen LogP contribution in [0.2, 0.25) is 0 Å². The third kappa shape index (κ3) is 4.72. The summed E-state index contributed by atoms with van der Waals surface area (Å²) < 4.78 is 1.83. The maximum atomic E-state index is 11.8. The number of amides is 1. The van der Waals surface area contributed by atoms with Gasteiger partial charge in [0.15, 0.2) is 0 Å². The topological polar surface area (TPSA) is 72.7 Å². The van der Waals surface area contributed by atoms with Gasteiger partial charge in [0.25, 0.3) is 0 Å². The Morgan fingerprint density at radius 1 is 1.50 bits per heavy atom. The quantitative estimate of drug-likeness (QED) is 0.549. The first-order valence-electron chi connectivity index (χ1n) is 7.09. The number of tetrazole rings is 1. The van der Waals surface area contributed by atoms with Crippen molar-refractivity contribution >= 4 is 40.8 Å². The maximum Gasteiger partial charge on any atom is 0.230 e. The molecule has 2 aromatic heterocycles. The summed E-state index contributed by atoms with van der Waals surface area (Å²) in [5.41, 5.74) is 1.35. The zero-order valence-corrected chi connectivity index (χ0v) is 14.4. The number of hydrogen-bond donors (Lipinski definition) is 1. The Morgan fingerprint density at radius 2 is 2.41 bits per heavy atom. The summed E-state index contributed by atoms with van der Waals surface area (Å²) >= 11 is 4.95. The molecule has 6 nitrogen and oxygen atoms in total. The van der Waals surface area contributed by atoms with E-state index in [0.29, 0.717) is 18.3 Å². The maximum absolute atomic E-state index is 11.8. The van der Waals surface area contributed by atoms with Crippen LogP contribution >= 0.6 is 34.9 Å². The molecule has 2 heterocycles. The van der Waals surface area contributed by atoms with E-state index >= 15 is 0 Å². The van der Waals surface area contributed by atoms with Crippen LogP contribution in [0.15, 0.2) is 22.0 Å². The number of hydrogen-bond acceptors (Lipinski definition) is 7. The van der Waals surface area contributed by atoms with Gasteiger partial charge in [0.05, 0.1) is 11.8 Å². The van der Waals surface area contributed by atoms with Crippen molar-refractivity contribution in [3.8, 4) is 0 Å². The molecule has 1 N–H and O–H groups in total. The highest BCUT2D eigenvalue weighted by Gasteiger charge is 2.28. The van der Waals surface area contributed by atoms with E-state index in [1.54, 1.807) is 11.3 Å². The van der Waals surface area contributed by atoms with Gasteiger partial charge in [-0.3, -0.25) is 4.79 Å². The highest BCUT2D eigenvalue weighted by molar-refractivity contribution is 7.99. The third-order valence-corrected chi connectivity index (χ3v) is 5.80. The van der Waals surface area contributed by atoms with Gasteiger partial charge in [-0.25, -0.2) is 4.68 Å². The number of aromatic nitrogens is 4. The minimum atomic E-state index is 0.0338. The van der Waals surface area contributed by atoms with Gasteiger partial charge in [-0.15, -0.1) is 5.10 Å². The first-order valence-corrected chi connectivity index (χ1v) is 10.2. The Bertz CT molecular complexity index is 597. The molecule has 3 rings (SSSR count). The van der Waals surface area contributed by atoms with Gasteiger partial charge in [-0.05, 0) is 45.7 Å². The number of carbonyl (C=O) groups is 1. The summed E-state index contributed by atoms with van der Waals surface area (Å²) in [6.45, 7) is 0.696. The monoisotopic (exact) mass is 355 g/mol. The molecule has 0 aromatic carbocycles. The number of carbonyl (C=O) groups excluding carboxylic acids is 1. The lowest BCUT2D eigenvalue weighted by atomic mass is 10.4. The van der Waals surface area contributed by atoms with Gasteiger partial charge in [-0.1, -0.05) is 11.8 Å². The molecule has 0 atom stereocenters.